The van der Waals surface area contributed by atoms with Gasteiger partial charge >= 0.3 is 0 Å². The summed E-state index contributed by atoms with van der Waals surface area (Å²) in [6, 6.07) is 8.85. The molecule has 1 N–H and O–H groups in total. The van der Waals surface area contributed by atoms with E-state index in [-0.39, 0.29) is 11.8 Å². The molecule has 1 aromatic carbocycles. The molecule has 1 amide bonds. The first-order valence-corrected chi connectivity index (χ1v) is 6.19. The number of halogens is 1. The van der Waals surface area contributed by atoms with Crippen molar-refractivity contribution in [3.8, 4) is 12.1 Å². The molecule has 4 nitrogen and oxygen atoms in total. The summed E-state index contributed by atoms with van der Waals surface area (Å²) >= 11 is 3.28. The molecule has 0 aliphatic carbocycles. The van der Waals surface area contributed by atoms with Crippen molar-refractivity contribution in [1.29, 1.82) is 10.5 Å². The average Bonchev–Trinajstić information content (AvgIpc) is 2.32. The fourth-order valence-electron chi connectivity index (χ4n) is 1.41. The highest BCUT2D eigenvalue weighted by atomic mass is 79.9. The molecular formula is C13H12BrN3O. The number of benzene rings is 1. The molecule has 0 fully saturated rings. The SMILES string of the molecule is CC(C)C(C#N)C(=O)Nc1ccc(C#N)cc1Br. The fraction of sp³-hybridized carbons (Fsp3) is 0.308. The molecular weight excluding hydrogens is 294 g/mol. The van der Waals surface area contributed by atoms with Crippen LogP contribution in [0, 0.1) is 34.5 Å². The molecule has 0 aliphatic rings. The van der Waals surface area contributed by atoms with Gasteiger partial charge < -0.3 is 5.32 Å². The second-order valence-corrected chi connectivity index (χ2v) is 5.00. The lowest BCUT2D eigenvalue weighted by molar-refractivity contribution is -0.119. The second kappa shape index (κ2) is 6.18. The summed E-state index contributed by atoms with van der Waals surface area (Å²) in [6.45, 7) is 3.64. The molecule has 0 radical (unpaired) electrons. The van der Waals surface area contributed by atoms with E-state index in [0.29, 0.717) is 15.7 Å². The zero-order chi connectivity index (χ0) is 13.7. The quantitative estimate of drug-likeness (QED) is 0.932. The number of nitriles is 2. The van der Waals surface area contributed by atoms with Crippen molar-refractivity contribution in [2.75, 3.05) is 5.32 Å². The van der Waals surface area contributed by atoms with Gasteiger partial charge in [-0.15, -0.1) is 0 Å². The van der Waals surface area contributed by atoms with Crippen molar-refractivity contribution in [2.45, 2.75) is 13.8 Å². The van der Waals surface area contributed by atoms with Crippen molar-refractivity contribution in [2.24, 2.45) is 11.8 Å². The summed E-state index contributed by atoms with van der Waals surface area (Å²) in [5, 5.41) is 20.3. The van der Waals surface area contributed by atoms with Gasteiger partial charge in [0.25, 0.3) is 0 Å². The molecule has 0 spiro atoms. The van der Waals surface area contributed by atoms with Gasteiger partial charge in [0.2, 0.25) is 5.91 Å². The number of amides is 1. The molecule has 18 heavy (non-hydrogen) atoms. The van der Waals surface area contributed by atoms with Crippen LogP contribution in [0.5, 0.6) is 0 Å². The zero-order valence-electron chi connectivity index (χ0n) is 10.1. The third kappa shape index (κ3) is 3.32. The van der Waals surface area contributed by atoms with Gasteiger partial charge in [0.1, 0.15) is 5.92 Å². The number of nitrogens with zero attached hydrogens (tertiary/aromatic N) is 2. The third-order valence-corrected chi connectivity index (χ3v) is 3.10. The van der Waals surface area contributed by atoms with Crippen LogP contribution in [-0.4, -0.2) is 5.91 Å². The molecule has 0 aromatic heterocycles. The van der Waals surface area contributed by atoms with Crippen LogP contribution in [0.3, 0.4) is 0 Å². The summed E-state index contributed by atoms with van der Waals surface area (Å²) in [7, 11) is 0. The molecule has 1 atom stereocenters. The molecule has 1 rings (SSSR count). The van der Waals surface area contributed by atoms with Gasteiger partial charge in [-0.1, -0.05) is 13.8 Å². The highest BCUT2D eigenvalue weighted by molar-refractivity contribution is 9.10. The van der Waals surface area contributed by atoms with E-state index in [9.17, 15) is 4.79 Å². The maximum Gasteiger partial charge on any atom is 0.242 e. The molecule has 1 aromatic rings. The first-order valence-electron chi connectivity index (χ1n) is 5.39. The van der Waals surface area contributed by atoms with Gasteiger partial charge in [0.15, 0.2) is 0 Å². The van der Waals surface area contributed by atoms with E-state index in [0.717, 1.165) is 0 Å². The normalized spacial score (nSPS) is 11.4. The maximum atomic E-state index is 11.9. The summed E-state index contributed by atoms with van der Waals surface area (Å²) < 4.78 is 0.621. The standard InChI is InChI=1S/C13H12BrN3O/c1-8(2)10(7-16)13(18)17-12-4-3-9(6-15)5-11(12)14/h3-5,8,10H,1-2H3,(H,17,18). The highest BCUT2D eigenvalue weighted by Crippen LogP contribution is 2.24. The smallest absolute Gasteiger partial charge is 0.242 e. The Morgan fingerprint density at radius 2 is 2.06 bits per heavy atom. The monoisotopic (exact) mass is 305 g/mol. The topological polar surface area (TPSA) is 76.7 Å². The van der Waals surface area contributed by atoms with Crippen LogP contribution in [0.2, 0.25) is 0 Å². The van der Waals surface area contributed by atoms with Crippen molar-refractivity contribution < 1.29 is 4.79 Å². The van der Waals surface area contributed by atoms with E-state index in [2.05, 4.69) is 21.2 Å². The van der Waals surface area contributed by atoms with Gasteiger partial charge in [-0.2, -0.15) is 10.5 Å². The molecule has 0 saturated carbocycles. The van der Waals surface area contributed by atoms with E-state index < -0.39 is 5.92 Å². The van der Waals surface area contributed by atoms with E-state index in [1.165, 1.54) is 0 Å². The Labute approximate surface area is 114 Å². The van der Waals surface area contributed by atoms with Crippen molar-refractivity contribution in [3.05, 3.63) is 28.2 Å². The molecule has 5 heteroatoms. The van der Waals surface area contributed by atoms with Crippen LogP contribution in [-0.2, 0) is 4.79 Å². The van der Waals surface area contributed by atoms with Crippen molar-refractivity contribution >= 4 is 27.5 Å². The first kappa shape index (κ1) is 14.2. The highest BCUT2D eigenvalue weighted by Gasteiger charge is 2.22. The fourth-order valence-corrected chi connectivity index (χ4v) is 1.88. The Morgan fingerprint density at radius 3 is 2.50 bits per heavy atom. The Bertz CT molecular complexity index is 540. The third-order valence-electron chi connectivity index (χ3n) is 2.44. The molecule has 92 valence electrons. The van der Waals surface area contributed by atoms with E-state index >= 15 is 0 Å². The molecule has 0 saturated heterocycles. The minimum Gasteiger partial charge on any atom is -0.324 e. The van der Waals surface area contributed by atoms with Crippen LogP contribution in [0.4, 0.5) is 5.69 Å². The minimum absolute atomic E-state index is 0.0489. The number of hydrogen-bond acceptors (Lipinski definition) is 3. The lowest BCUT2D eigenvalue weighted by atomic mass is 9.96. The number of hydrogen-bond donors (Lipinski definition) is 1. The lowest BCUT2D eigenvalue weighted by Gasteiger charge is -2.14. The van der Waals surface area contributed by atoms with E-state index in [4.69, 9.17) is 10.5 Å². The van der Waals surface area contributed by atoms with Crippen LogP contribution >= 0.6 is 15.9 Å². The Kier molecular flexibility index (Phi) is 4.88. The number of nitrogens with one attached hydrogen (secondary N) is 1. The molecule has 1 unspecified atom stereocenters. The largest absolute Gasteiger partial charge is 0.324 e. The molecule has 0 heterocycles. The maximum absolute atomic E-state index is 11.9. The summed E-state index contributed by atoms with van der Waals surface area (Å²) in [4.78, 5) is 11.9. The van der Waals surface area contributed by atoms with Crippen LogP contribution < -0.4 is 5.32 Å². The molecule has 0 aliphatic heterocycles. The van der Waals surface area contributed by atoms with Gasteiger partial charge in [-0.3, -0.25) is 4.79 Å². The summed E-state index contributed by atoms with van der Waals surface area (Å²) in [5.74, 6) is -1.07. The van der Waals surface area contributed by atoms with E-state index in [1.54, 1.807) is 18.2 Å². The molecule has 0 bridgehead atoms. The zero-order valence-corrected chi connectivity index (χ0v) is 11.7. The average molecular weight is 306 g/mol. The number of anilines is 1. The predicted molar refractivity (Wildman–Crippen MR) is 71.4 cm³/mol. The first-order chi connectivity index (χ1) is 8.49. The lowest BCUT2D eigenvalue weighted by Crippen LogP contribution is -2.25. The number of carbonyl (C=O) groups excluding carboxylic acids is 1. The van der Waals surface area contributed by atoms with Crippen molar-refractivity contribution in [1.82, 2.24) is 0 Å². The van der Waals surface area contributed by atoms with Crippen LogP contribution in [0.25, 0.3) is 0 Å². The minimum atomic E-state index is -0.687. The van der Waals surface area contributed by atoms with Gasteiger partial charge in [0.05, 0.1) is 23.4 Å². The summed E-state index contributed by atoms with van der Waals surface area (Å²) in [6.07, 6.45) is 0. The summed E-state index contributed by atoms with van der Waals surface area (Å²) in [5.41, 5.74) is 1.06. The Balaban J connectivity index is 2.90. The van der Waals surface area contributed by atoms with Gasteiger partial charge in [-0.25, -0.2) is 0 Å². The van der Waals surface area contributed by atoms with Gasteiger partial charge in [-0.05, 0) is 40.0 Å². The Morgan fingerprint density at radius 1 is 1.39 bits per heavy atom. The van der Waals surface area contributed by atoms with Gasteiger partial charge in [0, 0.05) is 4.47 Å². The number of rotatable bonds is 3. The second-order valence-electron chi connectivity index (χ2n) is 4.15. The Hall–Kier alpha value is -1.85. The predicted octanol–water partition coefficient (Wildman–Crippen LogP) is 3.06. The van der Waals surface area contributed by atoms with Crippen LogP contribution in [0.15, 0.2) is 22.7 Å². The number of carbonyl (C=O) groups is 1. The van der Waals surface area contributed by atoms with Crippen molar-refractivity contribution in [3.63, 3.8) is 0 Å². The van der Waals surface area contributed by atoms with E-state index in [1.807, 2.05) is 26.0 Å². The van der Waals surface area contributed by atoms with Crippen LogP contribution in [0.1, 0.15) is 19.4 Å².